The average molecular weight is 361 g/mol. The van der Waals surface area contributed by atoms with Gasteiger partial charge in [-0.1, -0.05) is 6.07 Å². The van der Waals surface area contributed by atoms with Gasteiger partial charge in [0.15, 0.2) is 11.5 Å². The second kappa shape index (κ2) is 8.65. The lowest BCUT2D eigenvalue weighted by Gasteiger charge is -2.12. The van der Waals surface area contributed by atoms with E-state index in [0.717, 1.165) is 28.5 Å². The highest BCUT2D eigenvalue weighted by Crippen LogP contribution is 2.27. The van der Waals surface area contributed by atoms with Crippen LogP contribution in [-0.2, 0) is 17.9 Å². The van der Waals surface area contributed by atoms with Crippen LogP contribution in [0.15, 0.2) is 41.3 Å². The van der Waals surface area contributed by atoms with Crippen molar-refractivity contribution in [2.75, 3.05) is 13.7 Å². The first-order valence-electron chi connectivity index (χ1n) is 7.86. The molecule has 1 aromatic heterocycles. The molecule has 0 spiro atoms. The molecule has 0 bridgehead atoms. The van der Waals surface area contributed by atoms with Gasteiger partial charge in [-0.3, -0.25) is 24.3 Å². The van der Waals surface area contributed by atoms with Crippen LogP contribution in [0.25, 0.3) is 0 Å². The molecule has 2 rings (SSSR count). The third-order valence-corrected chi connectivity index (χ3v) is 3.51. The van der Waals surface area contributed by atoms with E-state index >= 15 is 0 Å². The Morgan fingerprint density at radius 1 is 1.27 bits per heavy atom. The molecular weight excluding hydrogens is 342 g/mol. The zero-order chi connectivity index (χ0) is 19.1. The van der Waals surface area contributed by atoms with Crippen LogP contribution < -0.4 is 20.3 Å². The van der Waals surface area contributed by atoms with E-state index in [1.165, 1.54) is 7.11 Å². The van der Waals surface area contributed by atoms with E-state index in [1.807, 2.05) is 6.92 Å². The summed E-state index contributed by atoms with van der Waals surface area (Å²) in [6, 6.07) is 7.43. The maximum absolute atomic E-state index is 12.0. The summed E-state index contributed by atoms with van der Waals surface area (Å²) in [5.41, 5.74) is 0.0344. The molecule has 0 unspecified atom stereocenters. The summed E-state index contributed by atoms with van der Waals surface area (Å²) in [4.78, 5) is 33.9. The molecule has 1 N–H and O–H groups in total. The number of nitro groups is 1. The van der Waals surface area contributed by atoms with Crippen LogP contribution in [-0.4, -0.2) is 29.1 Å². The smallest absolute Gasteiger partial charge is 0.285 e. The zero-order valence-electron chi connectivity index (χ0n) is 14.4. The van der Waals surface area contributed by atoms with Gasteiger partial charge in [0.1, 0.15) is 6.54 Å². The fourth-order valence-electron chi connectivity index (χ4n) is 2.26. The Morgan fingerprint density at radius 2 is 2.04 bits per heavy atom. The van der Waals surface area contributed by atoms with Crippen LogP contribution in [0.4, 0.5) is 5.69 Å². The number of rotatable bonds is 8. The van der Waals surface area contributed by atoms with Gasteiger partial charge in [0.2, 0.25) is 5.91 Å². The second-order valence-corrected chi connectivity index (χ2v) is 5.31. The van der Waals surface area contributed by atoms with Crippen LogP contribution in [0.3, 0.4) is 0 Å². The first-order chi connectivity index (χ1) is 12.4. The molecule has 0 saturated heterocycles. The summed E-state index contributed by atoms with van der Waals surface area (Å²) in [6.45, 7) is 2.27. The quantitative estimate of drug-likeness (QED) is 0.563. The van der Waals surface area contributed by atoms with Crippen LogP contribution in [0.5, 0.6) is 11.5 Å². The summed E-state index contributed by atoms with van der Waals surface area (Å²) in [6.07, 6.45) is 1.04. The van der Waals surface area contributed by atoms with E-state index in [0.29, 0.717) is 18.1 Å². The number of hydrogen-bond donors (Lipinski definition) is 1. The highest BCUT2D eigenvalue weighted by molar-refractivity contribution is 5.75. The standard InChI is InChI=1S/C17H19N3O6/c1-3-26-14-6-4-12(8-15(14)25-2)9-18-16(21)11-19-10-13(20(23)24)5-7-17(19)22/h4-8,10H,3,9,11H2,1-2H3,(H,18,21). The van der Waals surface area contributed by atoms with Gasteiger partial charge < -0.3 is 14.8 Å². The molecule has 0 aliphatic rings. The van der Waals surface area contributed by atoms with Crippen molar-refractivity contribution < 1.29 is 19.2 Å². The number of carbonyl (C=O) groups is 1. The second-order valence-electron chi connectivity index (χ2n) is 5.31. The van der Waals surface area contributed by atoms with Crippen molar-refractivity contribution in [1.29, 1.82) is 0 Å². The molecule has 1 heterocycles. The lowest BCUT2D eigenvalue weighted by Crippen LogP contribution is -2.31. The topological polar surface area (TPSA) is 113 Å². The fraction of sp³-hybridized carbons (Fsp3) is 0.294. The third-order valence-electron chi connectivity index (χ3n) is 3.51. The van der Waals surface area contributed by atoms with E-state index in [-0.39, 0.29) is 18.8 Å². The lowest BCUT2D eigenvalue weighted by atomic mass is 10.2. The summed E-state index contributed by atoms with van der Waals surface area (Å²) in [7, 11) is 1.52. The molecule has 0 aliphatic heterocycles. The number of aromatic nitrogens is 1. The Kier molecular flexibility index (Phi) is 6.31. The lowest BCUT2D eigenvalue weighted by molar-refractivity contribution is -0.385. The summed E-state index contributed by atoms with van der Waals surface area (Å²) in [5.74, 6) is 0.710. The van der Waals surface area contributed by atoms with Crippen molar-refractivity contribution >= 4 is 11.6 Å². The van der Waals surface area contributed by atoms with Gasteiger partial charge in [0.25, 0.3) is 11.2 Å². The Bertz CT molecular complexity index is 862. The Morgan fingerprint density at radius 3 is 2.69 bits per heavy atom. The molecule has 9 nitrogen and oxygen atoms in total. The predicted molar refractivity (Wildman–Crippen MR) is 93.4 cm³/mol. The van der Waals surface area contributed by atoms with E-state index in [2.05, 4.69) is 5.32 Å². The van der Waals surface area contributed by atoms with Crippen LogP contribution in [0, 0.1) is 10.1 Å². The number of ether oxygens (including phenoxy) is 2. The van der Waals surface area contributed by atoms with Crippen molar-refractivity contribution in [3.8, 4) is 11.5 Å². The predicted octanol–water partition coefficient (Wildman–Crippen LogP) is 1.48. The first-order valence-corrected chi connectivity index (χ1v) is 7.86. The number of nitrogens with zero attached hydrogens (tertiary/aromatic N) is 2. The van der Waals surface area contributed by atoms with Crippen molar-refractivity contribution in [3.05, 3.63) is 62.6 Å². The van der Waals surface area contributed by atoms with Crippen molar-refractivity contribution in [2.24, 2.45) is 0 Å². The van der Waals surface area contributed by atoms with Gasteiger partial charge in [-0.05, 0) is 24.6 Å². The number of pyridine rings is 1. The Hall–Kier alpha value is -3.36. The van der Waals surface area contributed by atoms with E-state index in [1.54, 1.807) is 18.2 Å². The average Bonchev–Trinajstić information content (AvgIpc) is 2.62. The van der Waals surface area contributed by atoms with Crippen molar-refractivity contribution in [3.63, 3.8) is 0 Å². The molecule has 1 amide bonds. The van der Waals surface area contributed by atoms with Gasteiger partial charge in [-0.25, -0.2) is 0 Å². The Labute approximate surface area is 149 Å². The molecule has 0 atom stereocenters. The SMILES string of the molecule is CCOc1ccc(CNC(=O)Cn2cc([N+](=O)[O-])ccc2=O)cc1OC. The number of benzene rings is 1. The number of carbonyl (C=O) groups excluding carboxylic acids is 1. The Balaban J connectivity index is 2.02. The summed E-state index contributed by atoms with van der Waals surface area (Å²) < 4.78 is 11.7. The van der Waals surface area contributed by atoms with Gasteiger partial charge in [0, 0.05) is 18.7 Å². The number of nitrogens with one attached hydrogen (secondary N) is 1. The number of amides is 1. The maximum atomic E-state index is 12.0. The molecule has 1 aromatic carbocycles. The normalized spacial score (nSPS) is 10.2. The van der Waals surface area contributed by atoms with Gasteiger partial charge >= 0.3 is 0 Å². The largest absolute Gasteiger partial charge is 0.493 e. The molecule has 0 fully saturated rings. The van der Waals surface area contributed by atoms with Crippen molar-refractivity contribution in [2.45, 2.75) is 20.0 Å². The molecule has 0 aliphatic carbocycles. The van der Waals surface area contributed by atoms with E-state index in [4.69, 9.17) is 9.47 Å². The van der Waals surface area contributed by atoms with Crippen LogP contribution >= 0.6 is 0 Å². The van der Waals surface area contributed by atoms with Gasteiger partial charge in [0.05, 0.1) is 24.8 Å². The van der Waals surface area contributed by atoms with Crippen LogP contribution in [0.1, 0.15) is 12.5 Å². The summed E-state index contributed by atoms with van der Waals surface area (Å²) in [5, 5.41) is 13.4. The molecule has 26 heavy (non-hydrogen) atoms. The minimum Gasteiger partial charge on any atom is -0.493 e. The molecular formula is C17H19N3O6. The molecule has 9 heteroatoms. The monoisotopic (exact) mass is 361 g/mol. The molecule has 0 saturated carbocycles. The van der Waals surface area contributed by atoms with E-state index in [9.17, 15) is 19.7 Å². The molecule has 138 valence electrons. The maximum Gasteiger partial charge on any atom is 0.285 e. The third kappa shape index (κ3) is 4.82. The van der Waals surface area contributed by atoms with Gasteiger partial charge in [-0.15, -0.1) is 0 Å². The first kappa shape index (κ1) is 19.0. The molecule has 0 radical (unpaired) electrons. The highest BCUT2D eigenvalue weighted by Gasteiger charge is 2.11. The number of hydrogen-bond acceptors (Lipinski definition) is 6. The minimum atomic E-state index is -0.625. The minimum absolute atomic E-state index is 0.214. The highest BCUT2D eigenvalue weighted by atomic mass is 16.6. The van der Waals surface area contributed by atoms with Crippen molar-refractivity contribution in [1.82, 2.24) is 9.88 Å². The van der Waals surface area contributed by atoms with Gasteiger partial charge in [-0.2, -0.15) is 0 Å². The number of methoxy groups -OCH3 is 1. The zero-order valence-corrected chi connectivity index (χ0v) is 14.4. The fourth-order valence-corrected chi connectivity index (χ4v) is 2.26. The van der Waals surface area contributed by atoms with E-state index < -0.39 is 16.4 Å². The summed E-state index contributed by atoms with van der Waals surface area (Å²) >= 11 is 0. The van der Waals surface area contributed by atoms with Crippen LogP contribution in [0.2, 0.25) is 0 Å². The molecule has 2 aromatic rings.